The van der Waals surface area contributed by atoms with Crippen LogP contribution in [-0.4, -0.2) is 23.5 Å². The maximum absolute atomic E-state index is 4.63. The highest BCUT2D eigenvalue weighted by Gasteiger charge is 2.68. The highest BCUT2D eigenvalue weighted by Crippen LogP contribution is 2.67. The van der Waals surface area contributed by atoms with E-state index in [1.54, 1.807) is 12.2 Å². The molecule has 2 aliphatic rings. The first-order chi connectivity index (χ1) is 22.1. The average molecular weight is 667 g/mol. The summed E-state index contributed by atoms with van der Waals surface area (Å²) in [6.07, 6.45) is 12.6. The molecule has 2 heteroatoms. The Labute approximate surface area is 304 Å². The molecule has 6 unspecified atom stereocenters. The monoisotopic (exact) mass is 667 g/mol. The Morgan fingerprint density at radius 1 is 0.875 bits per heavy atom. The van der Waals surface area contributed by atoms with E-state index in [0.29, 0.717) is 22.8 Å². The van der Waals surface area contributed by atoms with Gasteiger partial charge in [0.15, 0.2) is 0 Å². The molecule has 1 N–H and O–H groups in total. The van der Waals surface area contributed by atoms with Crippen LogP contribution >= 0.6 is 0 Å². The van der Waals surface area contributed by atoms with Crippen molar-refractivity contribution in [3.63, 3.8) is 0 Å². The molecule has 0 bridgehead atoms. The third kappa shape index (κ3) is 16.9. The van der Waals surface area contributed by atoms with Crippen molar-refractivity contribution in [1.82, 2.24) is 10.2 Å². The lowest BCUT2D eigenvalue weighted by Crippen LogP contribution is -2.50. The van der Waals surface area contributed by atoms with Gasteiger partial charge in [-0.25, -0.2) is 0 Å². The maximum atomic E-state index is 4.63. The van der Waals surface area contributed by atoms with Crippen LogP contribution < -0.4 is 5.32 Å². The van der Waals surface area contributed by atoms with Crippen LogP contribution in [0.25, 0.3) is 0 Å². The fourth-order valence-corrected chi connectivity index (χ4v) is 7.26. The lowest BCUT2D eigenvalue weighted by molar-refractivity contribution is 0.147. The van der Waals surface area contributed by atoms with Crippen molar-refractivity contribution in [1.29, 1.82) is 0 Å². The van der Waals surface area contributed by atoms with E-state index in [1.807, 2.05) is 40.7 Å². The number of nitrogens with zero attached hydrogens (tertiary/aromatic N) is 1. The van der Waals surface area contributed by atoms with Crippen molar-refractivity contribution >= 4 is 0 Å². The molecule has 1 saturated carbocycles. The number of hydrogen-bond donors (Lipinski definition) is 1. The highest BCUT2D eigenvalue weighted by atomic mass is 15.3. The van der Waals surface area contributed by atoms with Crippen LogP contribution in [0.1, 0.15) is 149 Å². The van der Waals surface area contributed by atoms with Crippen LogP contribution in [0.3, 0.4) is 0 Å². The minimum atomic E-state index is 0.0707. The molecule has 0 aromatic heterocycles. The fraction of sp³-hybridized carbons (Fsp3) is 0.696. The molecule has 0 aromatic carbocycles. The highest BCUT2D eigenvalue weighted by molar-refractivity contribution is 5.27. The lowest BCUT2D eigenvalue weighted by atomic mass is 9.76. The van der Waals surface area contributed by atoms with Gasteiger partial charge in [-0.2, -0.15) is 0 Å². The first-order valence-corrected chi connectivity index (χ1v) is 19.0. The first-order valence-electron chi connectivity index (χ1n) is 19.0. The van der Waals surface area contributed by atoms with Crippen LogP contribution in [0.4, 0.5) is 0 Å². The van der Waals surface area contributed by atoms with Gasteiger partial charge >= 0.3 is 0 Å². The molecule has 6 atom stereocenters. The number of fused-ring (bicyclic) bond motifs is 1. The Bertz CT molecular complexity index is 972. The second-order valence-electron chi connectivity index (χ2n) is 16.6. The summed E-state index contributed by atoms with van der Waals surface area (Å²) in [4.78, 5) is 2.64. The van der Waals surface area contributed by atoms with Crippen LogP contribution in [0, 0.1) is 39.9 Å². The van der Waals surface area contributed by atoms with Crippen LogP contribution in [0.2, 0.25) is 0 Å². The zero-order valence-corrected chi connectivity index (χ0v) is 35.5. The molecule has 0 amide bonds. The number of hydrogen-bond acceptors (Lipinski definition) is 2. The maximum Gasteiger partial charge on any atom is 0.0700 e. The minimum absolute atomic E-state index is 0.0707. The van der Waals surface area contributed by atoms with Gasteiger partial charge in [0.1, 0.15) is 0 Å². The second kappa shape index (κ2) is 24.0. The molecule has 1 aliphatic carbocycles. The van der Waals surface area contributed by atoms with Gasteiger partial charge in [-0.1, -0.05) is 145 Å². The van der Waals surface area contributed by atoms with E-state index in [9.17, 15) is 0 Å². The number of piperidine rings is 1. The van der Waals surface area contributed by atoms with Gasteiger partial charge in [-0.15, -0.1) is 26.3 Å². The van der Waals surface area contributed by atoms with E-state index < -0.39 is 0 Å². The van der Waals surface area contributed by atoms with E-state index in [4.69, 9.17) is 0 Å². The molecule has 2 nitrogen and oxygen atoms in total. The first kappa shape index (κ1) is 50.2. The Balaban J connectivity index is -0.000000840. The Morgan fingerprint density at radius 2 is 1.35 bits per heavy atom. The summed E-state index contributed by atoms with van der Waals surface area (Å²) < 4.78 is 0. The normalized spacial score (nSPS) is 20.3. The number of rotatable bonds is 14. The van der Waals surface area contributed by atoms with E-state index in [1.165, 1.54) is 48.9 Å². The summed E-state index contributed by atoms with van der Waals surface area (Å²) in [5.74, 6) is 2.83. The molecular formula is C46H86N2. The Morgan fingerprint density at radius 3 is 1.69 bits per heavy atom. The molecule has 1 saturated heterocycles. The molecule has 0 radical (unpaired) electrons. The Kier molecular flexibility index (Phi) is 25.1. The molecule has 1 aliphatic heterocycles. The van der Waals surface area contributed by atoms with Crippen LogP contribution in [-0.2, 0) is 0 Å². The Hall–Kier alpha value is -2.22. The fourth-order valence-electron chi connectivity index (χ4n) is 7.26. The molecule has 1 heterocycles. The summed E-state index contributed by atoms with van der Waals surface area (Å²) >= 11 is 0. The zero-order valence-electron chi connectivity index (χ0n) is 35.5. The van der Waals surface area contributed by atoms with Gasteiger partial charge in [-0.05, 0) is 87.4 Å². The van der Waals surface area contributed by atoms with Crippen molar-refractivity contribution in [3.05, 3.63) is 86.8 Å². The van der Waals surface area contributed by atoms with Crippen molar-refractivity contribution in [2.45, 2.75) is 161 Å². The second-order valence-corrected chi connectivity index (χ2v) is 16.6. The van der Waals surface area contributed by atoms with E-state index in [-0.39, 0.29) is 11.5 Å². The number of allylic oxidation sites excluding steroid dienone is 5. The summed E-state index contributed by atoms with van der Waals surface area (Å²) in [5, 5.41) is 3.62. The van der Waals surface area contributed by atoms with Gasteiger partial charge in [0.2, 0.25) is 0 Å². The standard InChI is InChI=1S/C26H44N2.C12H24.2C3H6.C2H6/c1-12-14-18(5)20(15-13-2)23-22-21(26(22,10)11)16-28(23)19(6)24(25(7,8)9)27-17(3)4;1-7-11(12(4,5)6)9-8-10(2)3;2*1-3-2;1-2/h12,20-24,27H,1,3,5-6,13-16H2,2,4,7-11H3;11H,2,7-9H2,1,3-6H3;2*3H,1H2,2H3;1-2H3. The van der Waals surface area contributed by atoms with Gasteiger partial charge in [0, 0.05) is 29.9 Å². The van der Waals surface area contributed by atoms with Crippen molar-refractivity contribution < 1.29 is 0 Å². The molecule has 0 spiro atoms. The molecular weight excluding hydrogens is 581 g/mol. The molecule has 280 valence electrons. The SMILES string of the molecule is C=C(C)CCC(CC)C(C)(C)C.C=CC.C=CC.C=CCC(=C)C(CCC)C1C2C(CN1C(=C)C(NC(=C)C)C(C)(C)C)C2(C)C.CC. The molecule has 48 heavy (non-hydrogen) atoms. The third-order valence-electron chi connectivity index (χ3n) is 9.80. The average Bonchev–Trinajstić information content (AvgIpc) is 3.27. The number of likely N-dealkylation sites (tertiary alicyclic amines) is 1. The zero-order chi connectivity index (χ0) is 38.6. The van der Waals surface area contributed by atoms with Crippen molar-refractivity contribution in [3.8, 4) is 0 Å². The molecule has 2 fully saturated rings. The topological polar surface area (TPSA) is 15.3 Å². The van der Waals surface area contributed by atoms with Gasteiger partial charge in [0.05, 0.1) is 6.04 Å². The predicted molar refractivity (Wildman–Crippen MR) is 224 cm³/mol. The van der Waals surface area contributed by atoms with Crippen molar-refractivity contribution in [2.75, 3.05) is 6.54 Å². The largest absolute Gasteiger partial charge is 0.380 e. The third-order valence-corrected chi connectivity index (χ3v) is 9.80. The summed E-state index contributed by atoms with van der Waals surface area (Å²) in [6.45, 7) is 64.2. The quantitative estimate of drug-likeness (QED) is 0.186. The van der Waals surface area contributed by atoms with Gasteiger partial charge in [0.25, 0.3) is 0 Å². The summed E-state index contributed by atoms with van der Waals surface area (Å²) in [6, 6.07) is 0.680. The molecule has 2 rings (SSSR count). The molecule has 0 aromatic rings. The van der Waals surface area contributed by atoms with E-state index in [2.05, 4.69) is 132 Å². The van der Waals surface area contributed by atoms with Crippen LogP contribution in [0.15, 0.2) is 86.8 Å². The minimum Gasteiger partial charge on any atom is -0.380 e. The van der Waals surface area contributed by atoms with E-state index in [0.717, 1.165) is 36.4 Å². The van der Waals surface area contributed by atoms with Gasteiger partial charge < -0.3 is 10.2 Å². The van der Waals surface area contributed by atoms with Crippen LogP contribution in [0.5, 0.6) is 0 Å². The van der Waals surface area contributed by atoms with E-state index >= 15 is 0 Å². The smallest absolute Gasteiger partial charge is 0.0700 e. The lowest BCUT2D eigenvalue weighted by Gasteiger charge is -2.45. The van der Waals surface area contributed by atoms with Gasteiger partial charge in [-0.3, -0.25) is 0 Å². The van der Waals surface area contributed by atoms with Crippen molar-refractivity contribution in [2.24, 2.45) is 39.9 Å². The predicted octanol–water partition coefficient (Wildman–Crippen LogP) is 14.4. The number of nitrogens with one attached hydrogen (secondary N) is 1. The summed E-state index contributed by atoms with van der Waals surface area (Å²) in [7, 11) is 0. The summed E-state index contributed by atoms with van der Waals surface area (Å²) in [5.41, 5.74) is 5.84.